The number of hydrogen-bond acceptors (Lipinski definition) is 3. The number of amides is 1. The molecule has 4 heteroatoms. The molecule has 4 nitrogen and oxygen atoms in total. The number of hydrogen-bond donors (Lipinski definition) is 1. The van der Waals surface area contributed by atoms with Crippen molar-refractivity contribution in [1.82, 2.24) is 9.88 Å². The predicted octanol–water partition coefficient (Wildman–Crippen LogP) is 3.16. The average molecular weight is 275 g/mol. The standard InChI is InChI=1S/C16H25N3O/c1-4-13(3)18-15-9-14(10-17-11-15)16(20)19-7-5-12(2)6-8-19/h9-13,18H,4-8H2,1-3H3. The zero-order valence-electron chi connectivity index (χ0n) is 12.7. The van der Waals surface area contributed by atoms with Crippen LogP contribution in [0.15, 0.2) is 18.5 Å². The highest BCUT2D eigenvalue weighted by Crippen LogP contribution is 2.19. The van der Waals surface area contributed by atoms with Crippen LogP contribution in [-0.2, 0) is 0 Å². The summed E-state index contributed by atoms with van der Waals surface area (Å²) in [4.78, 5) is 18.6. The van der Waals surface area contributed by atoms with E-state index in [0.717, 1.165) is 44.0 Å². The van der Waals surface area contributed by atoms with Gasteiger partial charge >= 0.3 is 0 Å². The van der Waals surface area contributed by atoms with Crippen LogP contribution in [0.1, 0.15) is 50.4 Å². The molecule has 20 heavy (non-hydrogen) atoms. The van der Waals surface area contributed by atoms with Gasteiger partial charge in [0.25, 0.3) is 5.91 Å². The molecule has 0 bridgehead atoms. The number of rotatable bonds is 4. The number of aromatic nitrogens is 1. The second-order valence-corrected chi connectivity index (χ2v) is 5.89. The molecular formula is C16H25N3O. The summed E-state index contributed by atoms with van der Waals surface area (Å²) >= 11 is 0. The zero-order chi connectivity index (χ0) is 14.5. The molecule has 2 rings (SSSR count). The minimum atomic E-state index is 0.109. The molecule has 1 aliphatic heterocycles. The van der Waals surface area contributed by atoms with Crippen LogP contribution in [-0.4, -0.2) is 34.9 Å². The SMILES string of the molecule is CCC(C)Nc1cncc(C(=O)N2CCC(C)CC2)c1. The van der Waals surface area contributed by atoms with Gasteiger partial charge in [0.15, 0.2) is 0 Å². The summed E-state index contributed by atoms with van der Waals surface area (Å²) in [5.74, 6) is 0.841. The van der Waals surface area contributed by atoms with Gasteiger partial charge in [0.1, 0.15) is 0 Å². The molecule has 2 heterocycles. The summed E-state index contributed by atoms with van der Waals surface area (Å²) in [6, 6.07) is 2.30. The van der Waals surface area contributed by atoms with Crippen molar-refractivity contribution in [3.63, 3.8) is 0 Å². The molecule has 0 spiro atoms. The van der Waals surface area contributed by atoms with E-state index in [0.29, 0.717) is 11.6 Å². The van der Waals surface area contributed by atoms with Gasteiger partial charge in [0.2, 0.25) is 0 Å². The van der Waals surface area contributed by atoms with Crippen molar-refractivity contribution in [3.05, 3.63) is 24.0 Å². The van der Waals surface area contributed by atoms with E-state index in [1.165, 1.54) is 0 Å². The molecule has 0 saturated carbocycles. The summed E-state index contributed by atoms with van der Waals surface area (Å²) < 4.78 is 0. The van der Waals surface area contributed by atoms with Gasteiger partial charge in [-0.05, 0) is 38.2 Å². The summed E-state index contributed by atoms with van der Waals surface area (Å²) in [7, 11) is 0. The van der Waals surface area contributed by atoms with E-state index in [1.807, 2.05) is 11.0 Å². The van der Waals surface area contributed by atoms with Crippen molar-refractivity contribution in [1.29, 1.82) is 0 Å². The van der Waals surface area contributed by atoms with E-state index >= 15 is 0 Å². The van der Waals surface area contributed by atoms with Gasteiger partial charge in [-0.3, -0.25) is 9.78 Å². The topological polar surface area (TPSA) is 45.2 Å². The second kappa shape index (κ2) is 6.73. The van der Waals surface area contributed by atoms with Crippen molar-refractivity contribution >= 4 is 11.6 Å². The van der Waals surface area contributed by atoms with Crippen LogP contribution in [0.4, 0.5) is 5.69 Å². The fourth-order valence-electron chi connectivity index (χ4n) is 2.42. The Bertz CT molecular complexity index is 453. The lowest BCUT2D eigenvalue weighted by atomic mass is 9.99. The lowest BCUT2D eigenvalue weighted by molar-refractivity contribution is 0.0697. The third-order valence-corrected chi connectivity index (χ3v) is 4.08. The van der Waals surface area contributed by atoms with Gasteiger partial charge in [-0.25, -0.2) is 0 Å². The number of carbonyl (C=O) groups excluding carboxylic acids is 1. The fourth-order valence-corrected chi connectivity index (χ4v) is 2.42. The molecule has 0 aromatic carbocycles. The Morgan fingerprint density at radius 1 is 1.45 bits per heavy atom. The monoisotopic (exact) mass is 275 g/mol. The Labute approximate surface area is 121 Å². The smallest absolute Gasteiger partial charge is 0.255 e. The van der Waals surface area contributed by atoms with Crippen LogP contribution in [0.25, 0.3) is 0 Å². The number of likely N-dealkylation sites (tertiary alicyclic amines) is 1. The number of carbonyl (C=O) groups is 1. The van der Waals surface area contributed by atoms with Gasteiger partial charge in [-0.1, -0.05) is 13.8 Å². The molecule has 1 saturated heterocycles. The Hall–Kier alpha value is -1.58. The third kappa shape index (κ3) is 3.71. The molecule has 1 aromatic heterocycles. The molecule has 1 fully saturated rings. The van der Waals surface area contributed by atoms with Crippen LogP contribution in [0, 0.1) is 5.92 Å². The molecule has 1 atom stereocenters. The second-order valence-electron chi connectivity index (χ2n) is 5.89. The van der Waals surface area contributed by atoms with Crippen molar-refractivity contribution in [2.24, 2.45) is 5.92 Å². The summed E-state index contributed by atoms with van der Waals surface area (Å²) in [5, 5.41) is 3.36. The molecule has 1 amide bonds. The highest BCUT2D eigenvalue weighted by atomic mass is 16.2. The van der Waals surface area contributed by atoms with Gasteiger partial charge in [0, 0.05) is 31.5 Å². The quantitative estimate of drug-likeness (QED) is 0.918. The number of nitrogens with zero attached hydrogens (tertiary/aromatic N) is 2. The highest BCUT2D eigenvalue weighted by Gasteiger charge is 2.21. The van der Waals surface area contributed by atoms with E-state index in [-0.39, 0.29) is 5.91 Å². The van der Waals surface area contributed by atoms with Gasteiger partial charge in [-0.15, -0.1) is 0 Å². The van der Waals surface area contributed by atoms with Crippen molar-refractivity contribution in [3.8, 4) is 0 Å². The first-order valence-electron chi connectivity index (χ1n) is 7.61. The maximum atomic E-state index is 12.5. The van der Waals surface area contributed by atoms with Crippen molar-refractivity contribution < 1.29 is 4.79 Å². The molecule has 0 aliphatic carbocycles. The minimum absolute atomic E-state index is 0.109. The molecule has 1 N–H and O–H groups in total. The van der Waals surface area contributed by atoms with E-state index in [1.54, 1.807) is 12.4 Å². The van der Waals surface area contributed by atoms with Crippen LogP contribution in [0.2, 0.25) is 0 Å². The maximum absolute atomic E-state index is 12.5. The van der Waals surface area contributed by atoms with Crippen LogP contribution < -0.4 is 5.32 Å². The first kappa shape index (κ1) is 14.8. The lowest BCUT2D eigenvalue weighted by Crippen LogP contribution is -2.38. The minimum Gasteiger partial charge on any atom is -0.381 e. The van der Waals surface area contributed by atoms with Crippen LogP contribution >= 0.6 is 0 Å². The molecule has 0 radical (unpaired) electrons. The Balaban J connectivity index is 2.04. The lowest BCUT2D eigenvalue weighted by Gasteiger charge is -2.30. The van der Waals surface area contributed by atoms with Crippen molar-refractivity contribution in [2.75, 3.05) is 18.4 Å². The average Bonchev–Trinajstić information content (AvgIpc) is 2.47. The Morgan fingerprint density at radius 2 is 2.15 bits per heavy atom. The molecular weight excluding hydrogens is 250 g/mol. The summed E-state index contributed by atoms with van der Waals surface area (Å²) in [5.41, 5.74) is 1.61. The molecule has 1 aliphatic rings. The van der Waals surface area contributed by atoms with E-state index in [9.17, 15) is 4.79 Å². The normalized spacial score (nSPS) is 17.9. The number of pyridine rings is 1. The van der Waals surface area contributed by atoms with E-state index in [2.05, 4.69) is 31.1 Å². The Kier molecular flexibility index (Phi) is 4.99. The fraction of sp³-hybridized carbons (Fsp3) is 0.625. The van der Waals surface area contributed by atoms with Gasteiger partial charge in [0.05, 0.1) is 11.3 Å². The van der Waals surface area contributed by atoms with Gasteiger partial charge < -0.3 is 10.2 Å². The Morgan fingerprint density at radius 3 is 2.80 bits per heavy atom. The van der Waals surface area contributed by atoms with Crippen LogP contribution in [0.5, 0.6) is 0 Å². The van der Waals surface area contributed by atoms with E-state index in [4.69, 9.17) is 0 Å². The predicted molar refractivity (Wildman–Crippen MR) is 81.9 cm³/mol. The van der Waals surface area contributed by atoms with Gasteiger partial charge in [-0.2, -0.15) is 0 Å². The number of nitrogens with one attached hydrogen (secondary N) is 1. The summed E-state index contributed by atoms with van der Waals surface area (Å²) in [6.07, 6.45) is 6.69. The largest absolute Gasteiger partial charge is 0.381 e. The third-order valence-electron chi connectivity index (χ3n) is 4.08. The molecule has 1 aromatic rings. The van der Waals surface area contributed by atoms with E-state index < -0.39 is 0 Å². The maximum Gasteiger partial charge on any atom is 0.255 e. The van der Waals surface area contributed by atoms with Crippen LogP contribution in [0.3, 0.4) is 0 Å². The first-order chi connectivity index (χ1) is 9.60. The van der Waals surface area contributed by atoms with Crippen molar-refractivity contribution in [2.45, 2.75) is 46.1 Å². The summed E-state index contributed by atoms with van der Waals surface area (Å²) in [6.45, 7) is 8.24. The first-order valence-corrected chi connectivity index (χ1v) is 7.61. The highest BCUT2D eigenvalue weighted by molar-refractivity contribution is 5.94. The number of piperidine rings is 1. The number of anilines is 1. The molecule has 110 valence electrons. The zero-order valence-corrected chi connectivity index (χ0v) is 12.7. The molecule has 1 unspecified atom stereocenters.